The van der Waals surface area contributed by atoms with E-state index in [1.807, 2.05) is 24.4 Å². The van der Waals surface area contributed by atoms with E-state index in [-0.39, 0.29) is 12.1 Å². The monoisotopic (exact) mass is 429 g/mol. The number of aromatic amines is 1. The topological polar surface area (TPSA) is 104 Å². The van der Waals surface area contributed by atoms with Crippen LogP contribution in [0.5, 0.6) is 5.75 Å². The predicted molar refractivity (Wildman–Crippen MR) is 114 cm³/mol. The first kappa shape index (κ1) is 20.5. The van der Waals surface area contributed by atoms with E-state index < -0.39 is 7.75 Å². The van der Waals surface area contributed by atoms with Crippen molar-refractivity contribution >= 4 is 24.7 Å². The molecule has 0 radical (unpaired) electrons. The quantitative estimate of drug-likeness (QED) is 0.474. The van der Waals surface area contributed by atoms with Crippen LogP contribution in [0.4, 0.5) is 4.79 Å². The number of benzene rings is 2. The normalized spacial score (nSPS) is 18.2. The Labute approximate surface area is 174 Å². The maximum atomic E-state index is 12.6. The number of hydrogen-bond donors (Lipinski definition) is 3. The second kappa shape index (κ2) is 8.52. The molecule has 3 aromatic rings. The number of cyclic esters (lactones) is 1. The molecule has 2 atom stereocenters. The number of carbonyl (C=O) groups is 1. The standard InChI is InChI=1S/C21H24N3O5P/c1-24(30(26,27)29-18-5-3-2-4-6-18)10-9-16-13-22-20-8-7-15(12-19(16)20)11-17-14-28-21(25)23-17/h2-8,12-13,17,22H,9-11,14H2,1H3,(H,23,25)(H,26,27). The van der Waals surface area contributed by atoms with Gasteiger partial charge in [-0.3, -0.25) is 0 Å². The Kier molecular flexibility index (Phi) is 5.81. The van der Waals surface area contributed by atoms with Crippen molar-refractivity contribution in [2.24, 2.45) is 0 Å². The molecule has 30 heavy (non-hydrogen) atoms. The van der Waals surface area contributed by atoms with E-state index in [9.17, 15) is 14.3 Å². The minimum absolute atomic E-state index is 0.0288. The maximum Gasteiger partial charge on any atom is 0.458 e. The zero-order valence-electron chi connectivity index (χ0n) is 16.6. The second-order valence-electron chi connectivity index (χ2n) is 7.36. The van der Waals surface area contributed by atoms with Crippen molar-refractivity contribution in [1.82, 2.24) is 15.0 Å². The van der Waals surface area contributed by atoms with E-state index in [4.69, 9.17) is 9.26 Å². The van der Waals surface area contributed by atoms with Gasteiger partial charge in [-0.05, 0) is 55.3 Å². The van der Waals surface area contributed by atoms with Crippen molar-refractivity contribution in [1.29, 1.82) is 0 Å². The van der Waals surface area contributed by atoms with Gasteiger partial charge >= 0.3 is 13.8 Å². The van der Waals surface area contributed by atoms with Gasteiger partial charge in [-0.2, -0.15) is 0 Å². The van der Waals surface area contributed by atoms with Gasteiger partial charge in [0.15, 0.2) is 0 Å². The first-order chi connectivity index (χ1) is 14.4. The summed E-state index contributed by atoms with van der Waals surface area (Å²) >= 11 is 0. The third-order valence-electron chi connectivity index (χ3n) is 5.16. The third kappa shape index (κ3) is 4.67. The van der Waals surface area contributed by atoms with Crippen LogP contribution < -0.4 is 9.84 Å². The number of H-pyrrole nitrogens is 1. The number of amides is 1. The highest BCUT2D eigenvalue weighted by Crippen LogP contribution is 2.45. The molecule has 2 unspecified atom stereocenters. The van der Waals surface area contributed by atoms with Gasteiger partial charge in [-0.1, -0.05) is 24.3 Å². The number of fused-ring (bicyclic) bond motifs is 1. The summed E-state index contributed by atoms with van der Waals surface area (Å²) in [6.07, 6.45) is 2.80. The van der Waals surface area contributed by atoms with Crippen LogP contribution in [0.1, 0.15) is 11.1 Å². The number of para-hydroxylation sites is 1. The molecule has 2 heterocycles. The summed E-state index contributed by atoms with van der Waals surface area (Å²) in [7, 11) is -2.37. The van der Waals surface area contributed by atoms with Crippen LogP contribution in [-0.4, -0.2) is 46.9 Å². The number of hydrogen-bond acceptors (Lipinski definition) is 4. The average molecular weight is 429 g/mol. The number of ether oxygens (including phenoxy) is 1. The number of nitrogens with zero attached hydrogens (tertiary/aromatic N) is 1. The van der Waals surface area contributed by atoms with Crippen molar-refractivity contribution in [2.45, 2.75) is 18.9 Å². The first-order valence-electron chi connectivity index (χ1n) is 9.72. The number of likely N-dealkylation sites (N-methyl/N-ethyl adjacent to an activating group) is 1. The first-order valence-corrected chi connectivity index (χ1v) is 11.2. The maximum absolute atomic E-state index is 12.6. The summed E-state index contributed by atoms with van der Waals surface area (Å²) in [5.74, 6) is 0.356. The van der Waals surface area contributed by atoms with E-state index in [0.29, 0.717) is 31.7 Å². The molecule has 1 aromatic heterocycles. The molecule has 0 saturated carbocycles. The fourth-order valence-corrected chi connectivity index (χ4v) is 4.37. The van der Waals surface area contributed by atoms with Crippen LogP contribution in [-0.2, 0) is 22.1 Å². The lowest BCUT2D eigenvalue weighted by molar-refractivity contribution is 0.177. The number of carbonyl (C=O) groups excluding carboxylic acids is 1. The van der Waals surface area contributed by atoms with Crippen molar-refractivity contribution in [3.63, 3.8) is 0 Å². The molecule has 0 aliphatic carbocycles. The summed E-state index contributed by atoms with van der Waals surface area (Å²) in [6.45, 7) is 0.721. The Morgan fingerprint density at radius 1 is 1.27 bits per heavy atom. The molecule has 158 valence electrons. The average Bonchev–Trinajstić information content (AvgIpc) is 3.32. The Bertz CT molecular complexity index is 1080. The van der Waals surface area contributed by atoms with Crippen LogP contribution in [0.15, 0.2) is 54.7 Å². The smallest absolute Gasteiger partial charge is 0.447 e. The van der Waals surface area contributed by atoms with E-state index in [2.05, 4.69) is 16.4 Å². The summed E-state index contributed by atoms with van der Waals surface area (Å²) < 4.78 is 24.2. The highest BCUT2D eigenvalue weighted by molar-refractivity contribution is 7.50. The minimum Gasteiger partial charge on any atom is -0.447 e. The highest BCUT2D eigenvalue weighted by Gasteiger charge is 2.28. The van der Waals surface area contributed by atoms with Gasteiger partial charge in [-0.25, -0.2) is 14.0 Å². The molecular weight excluding hydrogens is 405 g/mol. The minimum atomic E-state index is -3.95. The van der Waals surface area contributed by atoms with Gasteiger partial charge in [-0.15, -0.1) is 0 Å². The van der Waals surface area contributed by atoms with Gasteiger partial charge in [0, 0.05) is 23.6 Å². The lowest BCUT2D eigenvalue weighted by Crippen LogP contribution is -2.28. The summed E-state index contributed by atoms with van der Waals surface area (Å²) in [5, 5.41) is 3.85. The largest absolute Gasteiger partial charge is 0.458 e. The van der Waals surface area contributed by atoms with Crippen LogP contribution >= 0.6 is 7.75 Å². The second-order valence-corrected chi connectivity index (χ2v) is 9.21. The molecule has 1 aliphatic heterocycles. The molecule has 1 aliphatic rings. The molecule has 2 aromatic carbocycles. The Balaban J connectivity index is 1.42. The zero-order chi connectivity index (χ0) is 21.1. The Morgan fingerprint density at radius 3 is 2.80 bits per heavy atom. The molecule has 1 amide bonds. The predicted octanol–water partition coefficient (Wildman–Crippen LogP) is 3.47. The molecule has 3 N–H and O–H groups in total. The molecule has 1 saturated heterocycles. The van der Waals surface area contributed by atoms with Crippen LogP contribution in [0.25, 0.3) is 10.9 Å². The Hall–Kier alpha value is -2.80. The number of aromatic nitrogens is 1. The molecule has 8 nitrogen and oxygen atoms in total. The zero-order valence-corrected chi connectivity index (χ0v) is 17.5. The number of alkyl carbamates (subject to hydrolysis) is 1. The summed E-state index contributed by atoms with van der Waals surface area (Å²) in [5.41, 5.74) is 3.13. The molecule has 9 heteroatoms. The van der Waals surface area contributed by atoms with Crippen molar-refractivity contribution in [3.05, 3.63) is 65.9 Å². The molecule has 4 rings (SSSR count). The van der Waals surface area contributed by atoms with E-state index >= 15 is 0 Å². The van der Waals surface area contributed by atoms with Gasteiger partial charge in [0.2, 0.25) is 0 Å². The lowest BCUT2D eigenvalue weighted by atomic mass is 10.0. The number of rotatable bonds is 8. The SMILES string of the molecule is CN(CCc1c[nH]c2ccc(CC3COC(=O)N3)cc12)P(=O)(O)Oc1ccccc1. The fourth-order valence-electron chi connectivity index (χ4n) is 3.48. The van der Waals surface area contributed by atoms with Crippen LogP contribution in [0.3, 0.4) is 0 Å². The van der Waals surface area contributed by atoms with Gasteiger partial charge in [0.05, 0.1) is 6.04 Å². The van der Waals surface area contributed by atoms with Crippen molar-refractivity contribution < 1.29 is 23.5 Å². The van der Waals surface area contributed by atoms with Gasteiger partial charge in [0.25, 0.3) is 0 Å². The van der Waals surface area contributed by atoms with Crippen molar-refractivity contribution in [3.8, 4) is 5.75 Å². The number of nitrogens with one attached hydrogen (secondary N) is 2. The molecular formula is C21H24N3O5P. The van der Waals surface area contributed by atoms with E-state index in [0.717, 1.165) is 22.0 Å². The third-order valence-corrected chi connectivity index (χ3v) is 6.67. The molecule has 0 bridgehead atoms. The van der Waals surface area contributed by atoms with Crippen molar-refractivity contribution in [2.75, 3.05) is 20.2 Å². The lowest BCUT2D eigenvalue weighted by Gasteiger charge is -2.22. The highest BCUT2D eigenvalue weighted by atomic mass is 31.2. The Morgan fingerprint density at radius 2 is 2.07 bits per heavy atom. The van der Waals surface area contributed by atoms with Gasteiger partial charge < -0.3 is 24.5 Å². The summed E-state index contributed by atoms with van der Waals surface area (Å²) in [4.78, 5) is 24.8. The summed E-state index contributed by atoms with van der Waals surface area (Å²) in [6, 6.07) is 14.7. The van der Waals surface area contributed by atoms with Crippen LogP contribution in [0.2, 0.25) is 0 Å². The fraction of sp³-hybridized carbons (Fsp3) is 0.286. The van der Waals surface area contributed by atoms with Gasteiger partial charge in [0.1, 0.15) is 12.4 Å². The molecule has 0 spiro atoms. The van der Waals surface area contributed by atoms with E-state index in [1.165, 1.54) is 4.67 Å². The van der Waals surface area contributed by atoms with E-state index in [1.54, 1.807) is 31.3 Å². The molecule has 1 fully saturated rings. The van der Waals surface area contributed by atoms with Crippen LogP contribution in [0, 0.1) is 0 Å².